The standard InChI is InChI=1S/C17H21N5O2/c1-11-3-4-14(7-12(11)2)24-16-8-13(5-6-18-16)9-19-17(23)15-10-20-22-21-15/h3-8,15,20-22H,9-10H2,1-2H3,(H,19,23). The average Bonchev–Trinajstić information content (AvgIpc) is 3.11. The van der Waals surface area contributed by atoms with E-state index in [-0.39, 0.29) is 11.9 Å². The molecule has 126 valence electrons. The summed E-state index contributed by atoms with van der Waals surface area (Å²) in [4.78, 5) is 16.2. The third-order valence-electron chi connectivity index (χ3n) is 3.92. The topological polar surface area (TPSA) is 87.3 Å². The number of hydrogen-bond acceptors (Lipinski definition) is 6. The summed E-state index contributed by atoms with van der Waals surface area (Å²) in [6.07, 6.45) is 1.68. The number of carbonyl (C=O) groups excluding carboxylic acids is 1. The molecule has 2 aromatic rings. The number of hydrazine groups is 2. The summed E-state index contributed by atoms with van der Waals surface area (Å²) in [6, 6.07) is 9.32. The Morgan fingerprint density at radius 3 is 2.92 bits per heavy atom. The zero-order valence-electron chi connectivity index (χ0n) is 13.7. The Kier molecular flexibility index (Phi) is 5.05. The zero-order chi connectivity index (χ0) is 16.9. The largest absolute Gasteiger partial charge is 0.439 e. The van der Waals surface area contributed by atoms with Gasteiger partial charge in [0.2, 0.25) is 11.8 Å². The van der Waals surface area contributed by atoms with Gasteiger partial charge in [-0.25, -0.2) is 15.8 Å². The number of benzene rings is 1. The minimum Gasteiger partial charge on any atom is -0.439 e. The third-order valence-corrected chi connectivity index (χ3v) is 3.92. The first kappa shape index (κ1) is 16.4. The summed E-state index contributed by atoms with van der Waals surface area (Å²) in [5.74, 6) is 1.19. The molecule has 1 aliphatic rings. The molecule has 1 amide bonds. The number of aryl methyl sites for hydroxylation is 2. The van der Waals surface area contributed by atoms with Gasteiger partial charge in [-0.3, -0.25) is 4.79 Å². The summed E-state index contributed by atoms with van der Waals surface area (Å²) in [5.41, 5.74) is 11.7. The quantitative estimate of drug-likeness (QED) is 0.658. The summed E-state index contributed by atoms with van der Waals surface area (Å²) >= 11 is 0. The molecular weight excluding hydrogens is 306 g/mol. The van der Waals surface area contributed by atoms with Gasteiger partial charge in [-0.05, 0) is 48.7 Å². The summed E-state index contributed by atoms with van der Waals surface area (Å²) in [5, 5.41) is 2.88. The molecule has 7 heteroatoms. The van der Waals surface area contributed by atoms with Crippen molar-refractivity contribution < 1.29 is 9.53 Å². The molecule has 1 saturated heterocycles. The van der Waals surface area contributed by atoms with Gasteiger partial charge < -0.3 is 10.1 Å². The molecule has 1 atom stereocenters. The molecular formula is C17H21N5O2. The van der Waals surface area contributed by atoms with E-state index in [1.807, 2.05) is 37.3 Å². The Bertz CT molecular complexity index is 729. The van der Waals surface area contributed by atoms with Crippen molar-refractivity contribution in [2.45, 2.75) is 26.4 Å². The molecule has 1 aromatic carbocycles. The van der Waals surface area contributed by atoms with Crippen molar-refractivity contribution in [3.63, 3.8) is 0 Å². The van der Waals surface area contributed by atoms with Crippen molar-refractivity contribution in [3.05, 3.63) is 53.2 Å². The number of ether oxygens (including phenoxy) is 1. The summed E-state index contributed by atoms with van der Waals surface area (Å²) < 4.78 is 5.81. The van der Waals surface area contributed by atoms with Crippen LogP contribution in [-0.2, 0) is 11.3 Å². The van der Waals surface area contributed by atoms with Crippen LogP contribution in [0.25, 0.3) is 0 Å². The highest BCUT2D eigenvalue weighted by atomic mass is 16.5. The van der Waals surface area contributed by atoms with Crippen molar-refractivity contribution in [1.29, 1.82) is 0 Å². The van der Waals surface area contributed by atoms with Gasteiger partial charge in [-0.2, -0.15) is 5.53 Å². The van der Waals surface area contributed by atoms with Crippen LogP contribution in [0.15, 0.2) is 36.5 Å². The minimum absolute atomic E-state index is 0.0686. The smallest absolute Gasteiger partial charge is 0.240 e. The van der Waals surface area contributed by atoms with Gasteiger partial charge in [-0.15, -0.1) is 0 Å². The fourth-order valence-electron chi connectivity index (χ4n) is 2.33. The number of hydrogen-bond donors (Lipinski definition) is 4. The number of pyridine rings is 1. The van der Waals surface area contributed by atoms with Crippen LogP contribution in [0.2, 0.25) is 0 Å². The van der Waals surface area contributed by atoms with Crippen LogP contribution >= 0.6 is 0 Å². The van der Waals surface area contributed by atoms with Gasteiger partial charge in [-0.1, -0.05) is 6.07 Å². The van der Waals surface area contributed by atoms with E-state index in [9.17, 15) is 4.79 Å². The predicted octanol–water partition coefficient (Wildman–Crippen LogP) is 1.09. The van der Waals surface area contributed by atoms with Crippen LogP contribution in [0, 0.1) is 13.8 Å². The first-order chi connectivity index (χ1) is 11.6. The Morgan fingerprint density at radius 2 is 2.17 bits per heavy atom. The maximum atomic E-state index is 12.0. The number of rotatable bonds is 5. The lowest BCUT2D eigenvalue weighted by Gasteiger charge is -2.11. The van der Waals surface area contributed by atoms with Crippen molar-refractivity contribution in [2.75, 3.05) is 6.54 Å². The van der Waals surface area contributed by atoms with E-state index < -0.39 is 0 Å². The molecule has 0 bridgehead atoms. The van der Waals surface area contributed by atoms with E-state index in [4.69, 9.17) is 4.74 Å². The Hall–Kier alpha value is -2.48. The molecule has 0 spiro atoms. The zero-order valence-corrected chi connectivity index (χ0v) is 13.7. The van der Waals surface area contributed by atoms with Crippen LogP contribution in [0.4, 0.5) is 0 Å². The molecule has 0 saturated carbocycles. The lowest BCUT2D eigenvalue weighted by atomic mass is 10.1. The van der Waals surface area contributed by atoms with Crippen molar-refractivity contribution in [3.8, 4) is 11.6 Å². The molecule has 3 rings (SSSR count). The maximum absolute atomic E-state index is 12.0. The van der Waals surface area contributed by atoms with Gasteiger partial charge in [0.15, 0.2) is 0 Å². The second kappa shape index (κ2) is 7.39. The average molecular weight is 327 g/mol. The highest BCUT2D eigenvalue weighted by Gasteiger charge is 2.21. The molecule has 1 aliphatic heterocycles. The highest BCUT2D eigenvalue weighted by Crippen LogP contribution is 2.22. The maximum Gasteiger partial charge on any atom is 0.240 e. The van der Waals surface area contributed by atoms with E-state index in [2.05, 4.69) is 33.6 Å². The van der Waals surface area contributed by atoms with Crippen LogP contribution in [0.5, 0.6) is 11.6 Å². The lowest BCUT2D eigenvalue weighted by Crippen LogP contribution is -2.44. The Morgan fingerprint density at radius 1 is 1.29 bits per heavy atom. The van der Waals surface area contributed by atoms with E-state index in [0.717, 1.165) is 11.3 Å². The minimum atomic E-state index is -0.280. The molecule has 0 aliphatic carbocycles. The molecule has 1 aromatic heterocycles. The number of nitrogens with zero attached hydrogens (tertiary/aromatic N) is 1. The van der Waals surface area contributed by atoms with Crippen LogP contribution in [-0.4, -0.2) is 23.5 Å². The van der Waals surface area contributed by atoms with E-state index in [1.54, 1.807) is 6.20 Å². The van der Waals surface area contributed by atoms with Gasteiger partial charge in [0.25, 0.3) is 0 Å². The van der Waals surface area contributed by atoms with Crippen molar-refractivity contribution in [2.24, 2.45) is 0 Å². The first-order valence-corrected chi connectivity index (χ1v) is 7.83. The molecule has 4 N–H and O–H groups in total. The SMILES string of the molecule is Cc1ccc(Oc2cc(CNC(=O)C3CNNN3)ccn2)cc1C. The van der Waals surface area contributed by atoms with Crippen LogP contribution in [0.3, 0.4) is 0 Å². The third kappa shape index (κ3) is 4.08. The van der Waals surface area contributed by atoms with Crippen LogP contribution in [0.1, 0.15) is 16.7 Å². The van der Waals surface area contributed by atoms with Crippen molar-refractivity contribution in [1.82, 2.24) is 26.7 Å². The van der Waals surface area contributed by atoms with Gasteiger partial charge in [0, 0.05) is 25.4 Å². The highest BCUT2D eigenvalue weighted by molar-refractivity contribution is 5.82. The Balaban J connectivity index is 1.61. The monoisotopic (exact) mass is 327 g/mol. The van der Waals surface area contributed by atoms with E-state index >= 15 is 0 Å². The lowest BCUT2D eigenvalue weighted by molar-refractivity contribution is -0.122. The van der Waals surface area contributed by atoms with E-state index in [0.29, 0.717) is 19.0 Å². The fraction of sp³-hybridized carbons (Fsp3) is 0.294. The summed E-state index contributed by atoms with van der Waals surface area (Å²) in [6.45, 7) is 5.07. The number of amides is 1. The molecule has 0 radical (unpaired) electrons. The number of aromatic nitrogens is 1. The second-order valence-corrected chi connectivity index (χ2v) is 5.77. The van der Waals surface area contributed by atoms with Gasteiger partial charge in [0.1, 0.15) is 11.8 Å². The normalized spacial score (nSPS) is 16.8. The molecule has 24 heavy (non-hydrogen) atoms. The fourth-order valence-corrected chi connectivity index (χ4v) is 2.33. The molecule has 2 heterocycles. The predicted molar refractivity (Wildman–Crippen MR) is 90.1 cm³/mol. The van der Waals surface area contributed by atoms with Gasteiger partial charge in [0.05, 0.1) is 0 Å². The van der Waals surface area contributed by atoms with Crippen molar-refractivity contribution >= 4 is 5.91 Å². The molecule has 7 nitrogen and oxygen atoms in total. The molecule has 1 fully saturated rings. The van der Waals surface area contributed by atoms with E-state index in [1.165, 1.54) is 11.1 Å². The van der Waals surface area contributed by atoms with Gasteiger partial charge >= 0.3 is 0 Å². The molecule has 1 unspecified atom stereocenters. The second-order valence-electron chi connectivity index (χ2n) is 5.77. The van der Waals surface area contributed by atoms with Crippen LogP contribution < -0.4 is 26.4 Å². The summed E-state index contributed by atoms with van der Waals surface area (Å²) in [7, 11) is 0. The number of nitrogens with one attached hydrogen (secondary N) is 4. The first-order valence-electron chi connectivity index (χ1n) is 7.83. The number of carbonyl (C=O) groups is 1. The Labute approximate surface area is 140 Å².